The topological polar surface area (TPSA) is 59.0 Å². The first-order chi connectivity index (χ1) is 7.63. The average Bonchev–Trinajstić information content (AvgIpc) is 2.71. The van der Waals surface area contributed by atoms with E-state index in [2.05, 4.69) is 15.0 Å². The Balaban J connectivity index is 2.63. The zero-order chi connectivity index (χ0) is 11.7. The van der Waals surface area contributed by atoms with E-state index in [0.29, 0.717) is 9.99 Å². The fourth-order valence-electron chi connectivity index (χ4n) is 1.27. The Hall–Kier alpha value is -1.08. The van der Waals surface area contributed by atoms with E-state index in [1.54, 1.807) is 6.26 Å². The molecule has 1 unspecified atom stereocenters. The van der Waals surface area contributed by atoms with E-state index >= 15 is 0 Å². The van der Waals surface area contributed by atoms with Crippen LogP contribution in [-0.4, -0.2) is 39.0 Å². The minimum atomic E-state index is -1.06. The van der Waals surface area contributed by atoms with Crippen LogP contribution in [0.1, 0.15) is 6.92 Å². The number of anilines is 1. The van der Waals surface area contributed by atoms with Gasteiger partial charge in [-0.3, -0.25) is 4.21 Å². The Kier molecular flexibility index (Phi) is 3.15. The molecule has 0 aliphatic rings. The molecule has 0 amide bonds. The molecule has 0 radical (unpaired) electrons. The first-order valence-electron chi connectivity index (χ1n) is 4.79. The van der Waals surface area contributed by atoms with Gasteiger partial charge in [-0.1, -0.05) is 11.3 Å². The molecule has 0 saturated carbocycles. The van der Waals surface area contributed by atoms with Gasteiger partial charge in [0.25, 0.3) is 0 Å². The van der Waals surface area contributed by atoms with Crippen LogP contribution in [0.3, 0.4) is 0 Å². The molecule has 5 nitrogen and oxygen atoms in total. The van der Waals surface area contributed by atoms with Gasteiger partial charge >= 0.3 is 0 Å². The minimum Gasteiger partial charge on any atom is -0.359 e. The number of hydrogen-bond donors (Lipinski definition) is 0. The average molecular weight is 256 g/mol. The van der Waals surface area contributed by atoms with Crippen LogP contribution in [0.2, 0.25) is 0 Å². The van der Waals surface area contributed by atoms with Crippen molar-refractivity contribution in [1.29, 1.82) is 0 Å². The van der Waals surface area contributed by atoms with E-state index in [4.69, 9.17) is 0 Å². The first-order valence-corrected chi connectivity index (χ1v) is 7.17. The van der Waals surface area contributed by atoms with Crippen molar-refractivity contribution in [2.24, 2.45) is 0 Å². The lowest BCUT2D eigenvalue weighted by Crippen LogP contribution is -2.17. The second-order valence-electron chi connectivity index (χ2n) is 3.30. The van der Waals surface area contributed by atoms with Gasteiger partial charge in [0, 0.05) is 19.8 Å². The van der Waals surface area contributed by atoms with E-state index in [1.165, 1.54) is 17.7 Å². The van der Waals surface area contributed by atoms with Gasteiger partial charge in [0.1, 0.15) is 11.0 Å². The summed E-state index contributed by atoms with van der Waals surface area (Å²) in [6.45, 7) is 2.91. The third-order valence-corrected chi connectivity index (χ3v) is 4.61. The van der Waals surface area contributed by atoms with Gasteiger partial charge < -0.3 is 4.90 Å². The highest BCUT2D eigenvalue weighted by Crippen LogP contribution is 2.29. The van der Waals surface area contributed by atoms with Crippen LogP contribution >= 0.6 is 11.3 Å². The van der Waals surface area contributed by atoms with Crippen molar-refractivity contribution in [3.8, 4) is 0 Å². The number of hydrogen-bond acceptors (Lipinski definition) is 6. The maximum absolute atomic E-state index is 11.4. The highest BCUT2D eigenvalue weighted by atomic mass is 32.2. The molecular formula is C9H12N4OS2. The van der Waals surface area contributed by atoms with Gasteiger partial charge in [-0.15, -0.1) is 0 Å². The summed E-state index contributed by atoms with van der Waals surface area (Å²) in [4.78, 5) is 14.6. The van der Waals surface area contributed by atoms with Crippen LogP contribution < -0.4 is 4.90 Å². The fraction of sp³-hybridized carbons (Fsp3) is 0.444. The lowest BCUT2D eigenvalue weighted by molar-refractivity contribution is 0.686. The van der Waals surface area contributed by atoms with E-state index < -0.39 is 10.8 Å². The molecule has 0 saturated heterocycles. The molecule has 1 atom stereocenters. The molecule has 2 heterocycles. The summed E-state index contributed by atoms with van der Waals surface area (Å²) in [6, 6.07) is 0. The third-order valence-electron chi connectivity index (χ3n) is 2.23. The molecule has 0 spiro atoms. The van der Waals surface area contributed by atoms with E-state index in [-0.39, 0.29) is 0 Å². The number of nitrogens with zero attached hydrogens (tertiary/aromatic N) is 4. The highest BCUT2D eigenvalue weighted by Gasteiger charge is 2.14. The van der Waals surface area contributed by atoms with Gasteiger partial charge in [-0.2, -0.15) is 0 Å². The summed E-state index contributed by atoms with van der Waals surface area (Å²) in [5, 5.41) is 0. The van der Waals surface area contributed by atoms with Crippen LogP contribution in [0.15, 0.2) is 10.7 Å². The summed E-state index contributed by atoms with van der Waals surface area (Å²) in [5.74, 6) is 0.849. The summed E-state index contributed by atoms with van der Waals surface area (Å²) < 4.78 is 12.9. The molecule has 0 aliphatic carbocycles. The van der Waals surface area contributed by atoms with Crippen LogP contribution in [-0.2, 0) is 10.8 Å². The van der Waals surface area contributed by atoms with Crippen LogP contribution in [0.25, 0.3) is 10.3 Å². The Bertz CT molecular complexity index is 539. The Labute approximate surface area is 100 Å². The number of thiazole rings is 1. The molecule has 0 fully saturated rings. The highest BCUT2D eigenvalue weighted by molar-refractivity contribution is 7.86. The van der Waals surface area contributed by atoms with Crippen LogP contribution in [0, 0.1) is 0 Å². The predicted molar refractivity (Wildman–Crippen MR) is 66.5 cm³/mol. The predicted octanol–water partition coefficient (Wildman–Crippen LogP) is 1.28. The smallest absolute Gasteiger partial charge is 0.183 e. The van der Waals surface area contributed by atoms with Gasteiger partial charge in [0.15, 0.2) is 15.8 Å². The Morgan fingerprint density at radius 3 is 2.88 bits per heavy atom. The zero-order valence-corrected chi connectivity index (χ0v) is 10.9. The first kappa shape index (κ1) is 11.4. The Morgan fingerprint density at radius 2 is 2.25 bits per heavy atom. The normalized spacial score (nSPS) is 12.9. The molecule has 86 valence electrons. The molecule has 0 aliphatic heterocycles. The SMILES string of the molecule is CCN(C)c1ncnc2nc(S(C)=O)sc12. The molecule has 2 aromatic heterocycles. The number of rotatable bonds is 3. The van der Waals surface area contributed by atoms with E-state index in [0.717, 1.165) is 17.1 Å². The number of aromatic nitrogens is 3. The maximum atomic E-state index is 11.4. The van der Waals surface area contributed by atoms with Crippen molar-refractivity contribution in [2.75, 3.05) is 24.7 Å². The largest absolute Gasteiger partial charge is 0.359 e. The fourth-order valence-corrected chi connectivity index (χ4v) is 3.00. The lowest BCUT2D eigenvalue weighted by Gasteiger charge is -2.14. The van der Waals surface area contributed by atoms with Gasteiger partial charge in [0.2, 0.25) is 0 Å². The molecule has 16 heavy (non-hydrogen) atoms. The van der Waals surface area contributed by atoms with Crippen molar-refractivity contribution >= 4 is 38.3 Å². The summed E-state index contributed by atoms with van der Waals surface area (Å²) in [7, 11) is 0.898. The lowest BCUT2D eigenvalue weighted by atomic mass is 10.5. The maximum Gasteiger partial charge on any atom is 0.183 e. The zero-order valence-electron chi connectivity index (χ0n) is 9.30. The molecular weight excluding hydrogens is 244 g/mol. The van der Waals surface area contributed by atoms with E-state index in [1.807, 2.05) is 18.9 Å². The minimum absolute atomic E-state index is 0.598. The quantitative estimate of drug-likeness (QED) is 0.828. The second-order valence-corrected chi connectivity index (χ2v) is 5.85. The van der Waals surface area contributed by atoms with Crippen LogP contribution in [0.4, 0.5) is 5.82 Å². The molecule has 7 heteroatoms. The van der Waals surface area contributed by atoms with Crippen molar-refractivity contribution in [1.82, 2.24) is 15.0 Å². The van der Waals surface area contributed by atoms with Gasteiger partial charge in [0.05, 0.1) is 10.8 Å². The second kappa shape index (κ2) is 4.42. The summed E-state index contributed by atoms with van der Waals surface area (Å²) in [6.07, 6.45) is 3.11. The standard InChI is InChI=1S/C9H12N4OS2/c1-4-13(2)8-6-7(10-5-11-8)12-9(15-6)16(3)14/h5H,4H2,1-3H3. The molecule has 0 N–H and O–H groups in total. The van der Waals surface area contributed by atoms with Gasteiger partial charge in [-0.05, 0) is 6.92 Å². The Morgan fingerprint density at radius 1 is 1.50 bits per heavy atom. The van der Waals surface area contributed by atoms with Crippen molar-refractivity contribution in [3.05, 3.63) is 6.33 Å². The van der Waals surface area contributed by atoms with Gasteiger partial charge in [-0.25, -0.2) is 15.0 Å². The van der Waals surface area contributed by atoms with Crippen LogP contribution in [0.5, 0.6) is 0 Å². The summed E-state index contributed by atoms with van der Waals surface area (Å²) >= 11 is 1.40. The molecule has 2 aromatic rings. The third kappa shape index (κ3) is 1.92. The molecule has 0 bridgehead atoms. The van der Waals surface area contributed by atoms with Crippen molar-refractivity contribution in [3.63, 3.8) is 0 Å². The summed E-state index contributed by atoms with van der Waals surface area (Å²) in [5.41, 5.74) is 0.625. The van der Waals surface area contributed by atoms with Crippen molar-refractivity contribution < 1.29 is 4.21 Å². The molecule has 2 rings (SSSR count). The number of fused-ring (bicyclic) bond motifs is 1. The monoisotopic (exact) mass is 256 g/mol. The van der Waals surface area contributed by atoms with E-state index in [9.17, 15) is 4.21 Å². The molecule has 0 aromatic carbocycles. The van der Waals surface area contributed by atoms with Crippen molar-refractivity contribution in [2.45, 2.75) is 11.3 Å².